The Balaban J connectivity index is 1.45. The highest BCUT2D eigenvalue weighted by atomic mass is 32.1. The summed E-state index contributed by atoms with van der Waals surface area (Å²) < 4.78 is 11.2. The lowest BCUT2D eigenvalue weighted by Crippen LogP contribution is -2.03. The molecule has 190 valence electrons. The average Bonchev–Trinajstić information content (AvgIpc) is 3.52. The SMILES string of the molecule is c1ccc(-c2nc(-n3c4ccc5cccc6sc7cccc8ccc3c(c87)c4c56)nc3c2oc2ccccc23)cc1. The Labute approximate surface area is 237 Å². The Hall–Kier alpha value is -5.26. The van der Waals surface area contributed by atoms with E-state index in [0.717, 1.165) is 38.8 Å². The second-order valence-electron chi connectivity index (χ2n) is 10.6. The van der Waals surface area contributed by atoms with Crippen LogP contribution in [0.15, 0.2) is 120 Å². The molecule has 0 radical (unpaired) electrons. The molecule has 0 saturated heterocycles. The van der Waals surface area contributed by atoms with E-state index in [1.54, 1.807) is 0 Å². The van der Waals surface area contributed by atoms with Crippen LogP contribution in [0.25, 0.3) is 92.0 Å². The zero-order chi connectivity index (χ0) is 26.7. The second kappa shape index (κ2) is 7.68. The maximum atomic E-state index is 6.39. The summed E-state index contributed by atoms with van der Waals surface area (Å²) in [4.78, 5) is 10.5. The molecule has 4 heterocycles. The van der Waals surface area contributed by atoms with Gasteiger partial charge >= 0.3 is 0 Å². The van der Waals surface area contributed by atoms with E-state index >= 15 is 0 Å². The van der Waals surface area contributed by atoms with Crippen molar-refractivity contribution in [3.05, 3.63) is 115 Å². The van der Waals surface area contributed by atoms with Gasteiger partial charge in [-0.05, 0) is 47.2 Å². The monoisotopic (exact) mass is 541 g/mol. The van der Waals surface area contributed by atoms with Crippen LogP contribution in [0.2, 0.25) is 0 Å². The van der Waals surface area contributed by atoms with E-state index in [4.69, 9.17) is 14.4 Å². The molecule has 0 fully saturated rings. The fourth-order valence-corrected chi connectivity index (χ4v) is 7.83. The lowest BCUT2D eigenvalue weighted by Gasteiger charge is -2.10. The normalized spacial score (nSPS) is 12.4. The quantitative estimate of drug-likeness (QED) is 0.219. The maximum Gasteiger partial charge on any atom is 0.236 e. The van der Waals surface area contributed by atoms with E-state index in [2.05, 4.69) is 83.4 Å². The van der Waals surface area contributed by atoms with E-state index in [0.29, 0.717) is 11.5 Å². The van der Waals surface area contributed by atoms with Crippen molar-refractivity contribution in [2.75, 3.05) is 0 Å². The minimum absolute atomic E-state index is 0.643. The summed E-state index contributed by atoms with van der Waals surface area (Å²) in [6, 6.07) is 40.5. The predicted molar refractivity (Wildman–Crippen MR) is 171 cm³/mol. The lowest BCUT2D eigenvalue weighted by atomic mass is 10.00. The Morgan fingerprint density at radius 2 is 1.22 bits per heavy atom. The molecule has 0 aliphatic carbocycles. The van der Waals surface area contributed by atoms with Gasteiger partial charge in [0.05, 0.1) is 11.0 Å². The number of hydrogen-bond acceptors (Lipinski definition) is 4. The highest BCUT2D eigenvalue weighted by molar-refractivity contribution is 7.24. The number of fused-ring (bicyclic) bond motifs is 3. The summed E-state index contributed by atoms with van der Waals surface area (Å²) in [5, 5.41) is 8.58. The van der Waals surface area contributed by atoms with Crippen LogP contribution >= 0.6 is 11.3 Å². The van der Waals surface area contributed by atoms with Crippen LogP contribution in [0.5, 0.6) is 0 Å². The Bertz CT molecular complexity index is 2540. The molecular formula is C36H19N3OS. The summed E-state index contributed by atoms with van der Waals surface area (Å²) >= 11 is 1.86. The summed E-state index contributed by atoms with van der Waals surface area (Å²) in [6.45, 7) is 0. The minimum atomic E-state index is 0.643. The Kier molecular flexibility index (Phi) is 4.04. The molecule has 6 aromatic carbocycles. The molecule has 0 bridgehead atoms. The molecule has 4 aromatic heterocycles. The average molecular weight is 542 g/mol. The van der Waals surface area contributed by atoms with Crippen molar-refractivity contribution in [2.24, 2.45) is 0 Å². The van der Waals surface area contributed by atoms with E-state index in [1.807, 2.05) is 47.7 Å². The van der Waals surface area contributed by atoms with Gasteiger partial charge in [0.25, 0.3) is 0 Å². The number of hydrogen-bond donors (Lipinski definition) is 0. The highest BCUT2D eigenvalue weighted by Crippen LogP contribution is 2.46. The van der Waals surface area contributed by atoms with Gasteiger partial charge in [0.1, 0.15) is 16.8 Å². The molecule has 0 atom stereocenters. The highest BCUT2D eigenvalue weighted by Gasteiger charge is 2.24. The smallest absolute Gasteiger partial charge is 0.236 e. The molecule has 10 rings (SSSR count). The Morgan fingerprint density at radius 1 is 0.561 bits per heavy atom. The molecule has 0 amide bonds. The summed E-state index contributed by atoms with van der Waals surface area (Å²) in [5.41, 5.74) is 6.35. The molecule has 10 aromatic rings. The second-order valence-corrected chi connectivity index (χ2v) is 11.7. The summed E-state index contributed by atoms with van der Waals surface area (Å²) in [7, 11) is 0. The van der Waals surface area contributed by atoms with Crippen molar-refractivity contribution in [1.29, 1.82) is 0 Å². The zero-order valence-corrected chi connectivity index (χ0v) is 22.4. The minimum Gasteiger partial charge on any atom is -0.452 e. The first-order chi connectivity index (χ1) is 20.3. The third-order valence-electron chi connectivity index (χ3n) is 8.38. The fourth-order valence-electron chi connectivity index (χ4n) is 6.65. The van der Waals surface area contributed by atoms with Crippen molar-refractivity contribution in [3.8, 4) is 17.2 Å². The molecule has 0 N–H and O–H groups in total. The third-order valence-corrected chi connectivity index (χ3v) is 9.50. The third kappa shape index (κ3) is 2.78. The first-order valence-electron chi connectivity index (χ1n) is 13.7. The van der Waals surface area contributed by atoms with Crippen molar-refractivity contribution in [1.82, 2.24) is 14.5 Å². The van der Waals surface area contributed by atoms with Gasteiger partial charge in [-0.2, -0.15) is 0 Å². The summed E-state index contributed by atoms with van der Waals surface area (Å²) in [5.74, 6) is 0.643. The number of para-hydroxylation sites is 1. The maximum absolute atomic E-state index is 6.39. The molecule has 0 aliphatic heterocycles. The lowest BCUT2D eigenvalue weighted by molar-refractivity contribution is 0.666. The molecule has 0 spiro atoms. The van der Waals surface area contributed by atoms with Crippen LogP contribution in [0.3, 0.4) is 0 Å². The molecule has 4 nitrogen and oxygen atoms in total. The first-order valence-corrected chi connectivity index (χ1v) is 14.5. The van der Waals surface area contributed by atoms with Crippen molar-refractivity contribution in [3.63, 3.8) is 0 Å². The first kappa shape index (κ1) is 21.5. The van der Waals surface area contributed by atoms with Crippen LogP contribution in [-0.4, -0.2) is 14.5 Å². The van der Waals surface area contributed by atoms with E-state index in [9.17, 15) is 0 Å². The molecule has 5 heteroatoms. The number of furan rings is 1. The molecular weight excluding hydrogens is 522 g/mol. The van der Waals surface area contributed by atoms with Gasteiger partial charge in [0, 0.05) is 41.9 Å². The standard InChI is InChI=1S/C36H19N3OS/c1-2-8-22(9-3-1)33-35-34(23-12-4-5-13-26(23)40-35)38-36(37-33)39-24-18-16-20-10-6-14-27-29(20)31(24)32-25(39)19-17-21-11-7-15-28(41-27)30(21)32/h1-19H. The predicted octanol–water partition coefficient (Wildman–Crippen LogP) is 10.1. The zero-order valence-electron chi connectivity index (χ0n) is 21.6. The number of nitrogens with zero attached hydrogens (tertiary/aromatic N) is 3. The van der Waals surface area contributed by atoms with E-state index < -0.39 is 0 Å². The summed E-state index contributed by atoms with van der Waals surface area (Å²) in [6.07, 6.45) is 0. The van der Waals surface area contributed by atoms with Gasteiger partial charge < -0.3 is 4.42 Å². The van der Waals surface area contributed by atoms with Crippen LogP contribution in [-0.2, 0) is 0 Å². The molecule has 0 saturated carbocycles. The van der Waals surface area contributed by atoms with Crippen LogP contribution in [0.1, 0.15) is 0 Å². The van der Waals surface area contributed by atoms with Crippen LogP contribution < -0.4 is 0 Å². The van der Waals surface area contributed by atoms with Crippen molar-refractivity contribution < 1.29 is 4.42 Å². The van der Waals surface area contributed by atoms with Gasteiger partial charge in [-0.15, -0.1) is 11.3 Å². The molecule has 0 unspecified atom stereocenters. The van der Waals surface area contributed by atoms with E-state index in [-0.39, 0.29) is 0 Å². The van der Waals surface area contributed by atoms with Gasteiger partial charge in [0.2, 0.25) is 5.95 Å². The van der Waals surface area contributed by atoms with Crippen molar-refractivity contribution in [2.45, 2.75) is 0 Å². The topological polar surface area (TPSA) is 43.9 Å². The van der Waals surface area contributed by atoms with Gasteiger partial charge in [0.15, 0.2) is 5.58 Å². The molecule has 41 heavy (non-hydrogen) atoms. The Morgan fingerprint density at radius 3 is 1.93 bits per heavy atom. The molecule has 0 aliphatic rings. The number of rotatable bonds is 2. The fraction of sp³-hybridized carbons (Fsp3) is 0. The van der Waals surface area contributed by atoms with Crippen LogP contribution in [0.4, 0.5) is 0 Å². The van der Waals surface area contributed by atoms with Gasteiger partial charge in [-0.1, -0.05) is 78.9 Å². The van der Waals surface area contributed by atoms with Crippen LogP contribution in [0, 0.1) is 0 Å². The number of benzene rings is 6. The van der Waals surface area contributed by atoms with E-state index in [1.165, 1.54) is 41.7 Å². The van der Waals surface area contributed by atoms with Gasteiger partial charge in [-0.25, -0.2) is 9.97 Å². The van der Waals surface area contributed by atoms with Gasteiger partial charge in [-0.3, -0.25) is 4.57 Å². The largest absolute Gasteiger partial charge is 0.452 e. The number of aromatic nitrogens is 3. The van der Waals surface area contributed by atoms with Crippen molar-refractivity contribution >= 4 is 86.2 Å².